The molecule has 0 aliphatic carbocycles. The van der Waals surface area contributed by atoms with E-state index in [2.05, 4.69) is 65.2 Å². The first-order chi connectivity index (χ1) is 12.8. The van der Waals surface area contributed by atoms with E-state index in [1.807, 2.05) is 18.2 Å². The molecule has 1 aromatic heterocycles. The zero-order chi connectivity index (χ0) is 17.7. The average Bonchev–Trinajstić information content (AvgIpc) is 3.01. The van der Waals surface area contributed by atoms with Gasteiger partial charge in [-0.1, -0.05) is 42.5 Å². The van der Waals surface area contributed by atoms with Crippen LogP contribution in [0.25, 0.3) is 38.3 Å². The molecule has 4 aromatic carbocycles. The Morgan fingerprint density at radius 1 is 0.769 bits per heavy atom. The van der Waals surface area contributed by atoms with Gasteiger partial charge in [0, 0.05) is 27.9 Å². The van der Waals surface area contributed by atoms with Gasteiger partial charge in [0.05, 0.1) is 23.8 Å². The van der Waals surface area contributed by atoms with Gasteiger partial charge in [-0.3, -0.25) is 0 Å². The van der Waals surface area contributed by atoms with E-state index in [-0.39, 0.29) is 0 Å². The van der Waals surface area contributed by atoms with Crippen molar-refractivity contribution in [1.29, 1.82) is 0 Å². The monoisotopic (exact) mass is 338 g/mol. The summed E-state index contributed by atoms with van der Waals surface area (Å²) in [4.78, 5) is 0. The van der Waals surface area contributed by atoms with E-state index >= 15 is 0 Å². The lowest BCUT2D eigenvalue weighted by molar-refractivity contribution is 0.415. The summed E-state index contributed by atoms with van der Waals surface area (Å²) in [5.41, 5.74) is 10.5. The fourth-order valence-electron chi connectivity index (χ4n) is 3.87. The molecule has 0 amide bonds. The third kappa shape index (κ3) is 2.01. The van der Waals surface area contributed by atoms with E-state index in [1.165, 1.54) is 10.8 Å². The lowest BCUT2D eigenvalue weighted by Gasteiger charge is -2.13. The van der Waals surface area contributed by atoms with Crippen molar-refractivity contribution < 1.29 is 4.74 Å². The normalized spacial score (nSPS) is 11.4. The molecular weight excluding hydrogens is 320 g/mol. The summed E-state index contributed by atoms with van der Waals surface area (Å²) >= 11 is 0. The van der Waals surface area contributed by atoms with E-state index in [0.29, 0.717) is 0 Å². The van der Waals surface area contributed by atoms with Crippen LogP contribution in [0.5, 0.6) is 5.75 Å². The number of hydrogen-bond acceptors (Lipinski definition) is 2. The van der Waals surface area contributed by atoms with Crippen LogP contribution in [0.15, 0.2) is 78.9 Å². The summed E-state index contributed by atoms with van der Waals surface area (Å²) in [6.07, 6.45) is 0. The zero-order valence-electron chi connectivity index (χ0n) is 14.4. The number of aromatic nitrogens is 1. The molecule has 5 rings (SSSR count). The topological polar surface area (TPSA) is 40.2 Å². The molecular formula is C23H18N2O. The Morgan fingerprint density at radius 3 is 2.38 bits per heavy atom. The minimum atomic E-state index is 0.784. The summed E-state index contributed by atoms with van der Waals surface area (Å²) < 4.78 is 7.77. The van der Waals surface area contributed by atoms with Crippen molar-refractivity contribution in [2.24, 2.45) is 0 Å². The van der Waals surface area contributed by atoms with Crippen molar-refractivity contribution >= 4 is 38.3 Å². The van der Waals surface area contributed by atoms with E-state index < -0.39 is 0 Å². The number of anilines is 1. The van der Waals surface area contributed by atoms with E-state index in [9.17, 15) is 0 Å². The fourth-order valence-corrected chi connectivity index (χ4v) is 3.87. The first-order valence-electron chi connectivity index (χ1n) is 8.63. The number of nitrogens with two attached hydrogens (primary N) is 1. The van der Waals surface area contributed by atoms with Crippen molar-refractivity contribution in [3.63, 3.8) is 0 Å². The first-order valence-corrected chi connectivity index (χ1v) is 8.63. The van der Waals surface area contributed by atoms with Gasteiger partial charge in [0.2, 0.25) is 0 Å². The molecule has 0 aliphatic rings. The molecule has 0 radical (unpaired) electrons. The lowest BCUT2D eigenvalue weighted by atomic mass is 10.1. The molecule has 0 aliphatic heterocycles. The smallest absolute Gasteiger partial charge is 0.120 e. The largest absolute Gasteiger partial charge is 0.497 e. The maximum Gasteiger partial charge on any atom is 0.120 e. The van der Waals surface area contributed by atoms with Gasteiger partial charge in [-0.2, -0.15) is 0 Å². The zero-order valence-corrected chi connectivity index (χ0v) is 14.4. The Labute approximate surface area is 151 Å². The first kappa shape index (κ1) is 14.8. The SMILES string of the molecule is COc1ccc2c3ccccc3n(-c3cccc4cccc(N)c34)c2c1. The summed E-state index contributed by atoms with van der Waals surface area (Å²) in [5.74, 6) is 0.842. The Hall–Kier alpha value is -3.46. The standard InChI is InChI=1S/C23H18N2O/c1-26-16-12-13-18-17-8-2-3-10-20(17)25(22(18)14-16)21-11-5-7-15-6-4-9-19(24)23(15)21/h2-14H,24H2,1H3. The van der Waals surface area contributed by atoms with Crippen LogP contribution in [0, 0.1) is 0 Å². The van der Waals surface area contributed by atoms with Crippen molar-refractivity contribution in [2.45, 2.75) is 0 Å². The highest BCUT2D eigenvalue weighted by atomic mass is 16.5. The van der Waals surface area contributed by atoms with Crippen LogP contribution >= 0.6 is 0 Å². The van der Waals surface area contributed by atoms with Gasteiger partial charge in [-0.05, 0) is 35.7 Å². The molecule has 5 aromatic rings. The highest BCUT2D eigenvalue weighted by Gasteiger charge is 2.15. The Morgan fingerprint density at radius 2 is 1.54 bits per heavy atom. The molecule has 0 unspecified atom stereocenters. The van der Waals surface area contributed by atoms with Crippen LogP contribution in [-0.2, 0) is 0 Å². The highest BCUT2D eigenvalue weighted by Crippen LogP contribution is 2.37. The van der Waals surface area contributed by atoms with Gasteiger partial charge in [0.15, 0.2) is 0 Å². The van der Waals surface area contributed by atoms with Crippen molar-refractivity contribution in [2.75, 3.05) is 12.8 Å². The maximum atomic E-state index is 6.37. The molecule has 0 saturated heterocycles. The summed E-state index contributed by atoms with van der Waals surface area (Å²) in [6, 6.07) is 27.1. The predicted octanol–water partition coefficient (Wildman–Crippen LogP) is 5.53. The van der Waals surface area contributed by atoms with Crippen molar-refractivity contribution in [3.05, 3.63) is 78.9 Å². The maximum absolute atomic E-state index is 6.37. The fraction of sp³-hybridized carbons (Fsp3) is 0.0435. The minimum absolute atomic E-state index is 0.784. The van der Waals surface area contributed by atoms with Crippen LogP contribution in [-0.4, -0.2) is 11.7 Å². The number of nitrogen functional groups attached to an aromatic ring is 1. The van der Waals surface area contributed by atoms with Gasteiger partial charge in [-0.15, -0.1) is 0 Å². The molecule has 0 bridgehead atoms. The van der Waals surface area contributed by atoms with Gasteiger partial charge in [-0.25, -0.2) is 0 Å². The third-order valence-electron chi connectivity index (χ3n) is 5.04. The number of para-hydroxylation sites is 1. The van der Waals surface area contributed by atoms with Crippen LogP contribution < -0.4 is 10.5 Å². The van der Waals surface area contributed by atoms with E-state index in [1.54, 1.807) is 7.11 Å². The molecule has 126 valence electrons. The summed E-state index contributed by atoms with van der Waals surface area (Å²) in [7, 11) is 1.70. The Kier molecular flexibility index (Phi) is 3.16. The molecule has 0 spiro atoms. The second kappa shape index (κ2) is 5.53. The predicted molar refractivity (Wildman–Crippen MR) is 109 cm³/mol. The third-order valence-corrected chi connectivity index (χ3v) is 5.04. The van der Waals surface area contributed by atoms with Crippen LogP contribution in [0.4, 0.5) is 5.69 Å². The van der Waals surface area contributed by atoms with Gasteiger partial charge >= 0.3 is 0 Å². The van der Waals surface area contributed by atoms with E-state index in [0.717, 1.165) is 38.9 Å². The van der Waals surface area contributed by atoms with Crippen molar-refractivity contribution in [3.8, 4) is 11.4 Å². The quantitative estimate of drug-likeness (QED) is 0.430. The Balaban J connectivity index is 2.01. The molecule has 2 N–H and O–H groups in total. The average molecular weight is 338 g/mol. The highest BCUT2D eigenvalue weighted by molar-refractivity contribution is 6.11. The molecule has 26 heavy (non-hydrogen) atoms. The molecule has 0 saturated carbocycles. The number of rotatable bonds is 2. The molecule has 0 atom stereocenters. The number of benzene rings is 4. The van der Waals surface area contributed by atoms with Gasteiger partial charge < -0.3 is 15.0 Å². The Bertz CT molecular complexity index is 1280. The van der Waals surface area contributed by atoms with Crippen molar-refractivity contribution in [1.82, 2.24) is 4.57 Å². The second-order valence-electron chi connectivity index (χ2n) is 6.46. The van der Waals surface area contributed by atoms with Crippen LogP contribution in [0.1, 0.15) is 0 Å². The molecule has 1 heterocycles. The number of methoxy groups -OCH3 is 1. The molecule has 0 fully saturated rings. The number of nitrogens with zero attached hydrogens (tertiary/aromatic N) is 1. The van der Waals surface area contributed by atoms with Crippen LogP contribution in [0.2, 0.25) is 0 Å². The molecule has 3 heteroatoms. The number of hydrogen-bond donors (Lipinski definition) is 1. The summed E-state index contributed by atoms with van der Waals surface area (Å²) in [6.45, 7) is 0. The second-order valence-corrected chi connectivity index (χ2v) is 6.46. The lowest BCUT2D eigenvalue weighted by Crippen LogP contribution is -1.98. The van der Waals surface area contributed by atoms with Gasteiger partial charge in [0.1, 0.15) is 5.75 Å². The van der Waals surface area contributed by atoms with Gasteiger partial charge in [0.25, 0.3) is 0 Å². The number of ether oxygens (including phenoxy) is 1. The number of fused-ring (bicyclic) bond motifs is 4. The van der Waals surface area contributed by atoms with E-state index in [4.69, 9.17) is 10.5 Å². The van der Waals surface area contributed by atoms with Crippen LogP contribution in [0.3, 0.4) is 0 Å². The summed E-state index contributed by atoms with van der Waals surface area (Å²) in [5, 5.41) is 4.63. The molecule has 3 nitrogen and oxygen atoms in total. The minimum Gasteiger partial charge on any atom is -0.497 e.